The lowest BCUT2D eigenvalue weighted by Crippen LogP contribution is -2.12. The molecule has 2 rings (SSSR count). The number of rotatable bonds is 6. The van der Waals surface area contributed by atoms with Crippen LogP contribution in [0.2, 0.25) is 0 Å². The number of aryl methyl sites for hydroxylation is 1. The molecule has 1 unspecified atom stereocenters. The van der Waals surface area contributed by atoms with Crippen LogP contribution in [0, 0.1) is 0 Å². The highest BCUT2D eigenvalue weighted by atomic mass is 16.5. The van der Waals surface area contributed by atoms with E-state index in [4.69, 9.17) is 9.72 Å². The summed E-state index contributed by atoms with van der Waals surface area (Å²) in [6.45, 7) is 8.82. The lowest BCUT2D eigenvalue weighted by molar-refractivity contribution is 0.0531. The number of hydrogen-bond donors (Lipinski definition) is 1. The van der Waals surface area contributed by atoms with Gasteiger partial charge in [-0.3, -0.25) is 0 Å². The molecular formula is C14H23N3O. The van der Waals surface area contributed by atoms with Crippen molar-refractivity contribution in [2.75, 3.05) is 6.61 Å². The van der Waals surface area contributed by atoms with Crippen molar-refractivity contribution in [2.24, 2.45) is 0 Å². The van der Waals surface area contributed by atoms with Gasteiger partial charge in [0.2, 0.25) is 0 Å². The summed E-state index contributed by atoms with van der Waals surface area (Å²) in [4.78, 5) is 9.44. The third kappa shape index (κ3) is 2.70. The van der Waals surface area contributed by atoms with Crippen molar-refractivity contribution in [1.29, 1.82) is 0 Å². The molecule has 1 aliphatic heterocycles. The zero-order chi connectivity index (χ0) is 13.0. The van der Waals surface area contributed by atoms with E-state index in [1.807, 2.05) is 6.92 Å². The first-order valence-electron chi connectivity index (χ1n) is 7.00. The maximum Gasteiger partial charge on any atom is 0.157 e. The minimum atomic E-state index is 0.0384. The Bertz CT molecular complexity index is 406. The maximum absolute atomic E-state index is 5.72. The summed E-state index contributed by atoms with van der Waals surface area (Å²) in [5.41, 5.74) is 3.69. The van der Waals surface area contributed by atoms with Crippen LogP contribution in [0.5, 0.6) is 0 Å². The molecule has 0 amide bonds. The van der Waals surface area contributed by atoms with Crippen molar-refractivity contribution in [3.05, 3.63) is 22.8 Å². The van der Waals surface area contributed by atoms with Gasteiger partial charge in [0.1, 0.15) is 6.10 Å². The zero-order valence-electron chi connectivity index (χ0n) is 11.6. The summed E-state index contributed by atoms with van der Waals surface area (Å²) in [6, 6.07) is 0. The maximum atomic E-state index is 5.72. The molecule has 0 saturated heterocycles. The average Bonchev–Trinajstić information content (AvgIpc) is 2.84. The molecule has 1 aliphatic rings. The normalized spacial score (nSPS) is 15.7. The van der Waals surface area contributed by atoms with Crippen LogP contribution in [0.1, 0.15) is 62.5 Å². The lowest BCUT2D eigenvalue weighted by Gasteiger charge is -2.16. The molecular weight excluding hydrogens is 226 g/mol. The van der Waals surface area contributed by atoms with Crippen molar-refractivity contribution < 1.29 is 4.74 Å². The smallest absolute Gasteiger partial charge is 0.157 e. The number of aromatic nitrogens is 2. The fraction of sp³-hybridized carbons (Fsp3) is 0.714. The summed E-state index contributed by atoms with van der Waals surface area (Å²) in [5, 5.41) is 3.36. The Labute approximate surface area is 109 Å². The van der Waals surface area contributed by atoms with Crippen LogP contribution in [-0.4, -0.2) is 16.6 Å². The molecule has 1 N–H and O–H groups in total. The van der Waals surface area contributed by atoms with E-state index < -0.39 is 0 Å². The van der Waals surface area contributed by atoms with Crippen LogP contribution in [0.3, 0.4) is 0 Å². The molecule has 0 aromatic carbocycles. The molecule has 18 heavy (non-hydrogen) atoms. The van der Waals surface area contributed by atoms with Crippen molar-refractivity contribution in [3.63, 3.8) is 0 Å². The Kier molecular flexibility index (Phi) is 4.66. The van der Waals surface area contributed by atoms with Gasteiger partial charge in [-0.15, -0.1) is 0 Å². The molecule has 1 aromatic heterocycles. The fourth-order valence-electron chi connectivity index (χ4n) is 2.42. The van der Waals surface area contributed by atoms with Gasteiger partial charge in [-0.25, -0.2) is 9.97 Å². The van der Waals surface area contributed by atoms with Gasteiger partial charge in [0, 0.05) is 31.0 Å². The van der Waals surface area contributed by atoms with Gasteiger partial charge in [-0.2, -0.15) is 0 Å². The number of ether oxygens (including phenoxy) is 1. The number of nitrogens with one attached hydrogen (secondary N) is 1. The quantitative estimate of drug-likeness (QED) is 0.841. The van der Waals surface area contributed by atoms with Crippen molar-refractivity contribution in [3.8, 4) is 0 Å². The highest BCUT2D eigenvalue weighted by Gasteiger charge is 2.21. The number of hydrogen-bond acceptors (Lipinski definition) is 4. The Balaban J connectivity index is 2.33. The Hall–Kier alpha value is -1.00. The minimum Gasteiger partial charge on any atom is -0.371 e. The second-order valence-corrected chi connectivity index (χ2v) is 4.66. The lowest BCUT2D eigenvalue weighted by atomic mass is 10.1. The van der Waals surface area contributed by atoms with Crippen LogP contribution >= 0.6 is 0 Å². The number of fused-ring (bicyclic) bond motifs is 1. The summed E-state index contributed by atoms with van der Waals surface area (Å²) >= 11 is 0. The van der Waals surface area contributed by atoms with E-state index in [0.717, 1.165) is 38.2 Å². The predicted octanol–water partition coefficient (Wildman–Crippen LogP) is 2.52. The SMILES string of the molecule is CCCc1nc(C(CC)OCC)nc2c1CNC2. The Morgan fingerprint density at radius 1 is 1.22 bits per heavy atom. The summed E-state index contributed by atoms with van der Waals surface area (Å²) in [7, 11) is 0. The molecule has 2 heterocycles. The highest BCUT2D eigenvalue weighted by Crippen LogP contribution is 2.23. The van der Waals surface area contributed by atoms with Crippen LogP contribution in [0.4, 0.5) is 0 Å². The summed E-state index contributed by atoms with van der Waals surface area (Å²) in [6.07, 6.45) is 3.11. The number of nitrogens with zero attached hydrogens (tertiary/aromatic N) is 2. The standard InChI is InChI=1S/C14H23N3O/c1-4-7-11-10-8-15-9-12(10)17-14(16-11)13(5-2)18-6-3/h13,15H,4-9H2,1-3H3. The second kappa shape index (κ2) is 6.25. The van der Waals surface area contributed by atoms with Gasteiger partial charge in [-0.05, 0) is 19.8 Å². The topological polar surface area (TPSA) is 47.0 Å². The van der Waals surface area contributed by atoms with E-state index in [9.17, 15) is 0 Å². The highest BCUT2D eigenvalue weighted by molar-refractivity contribution is 5.29. The second-order valence-electron chi connectivity index (χ2n) is 4.66. The van der Waals surface area contributed by atoms with E-state index in [1.54, 1.807) is 0 Å². The molecule has 0 spiro atoms. The van der Waals surface area contributed by atoms with E-state index >= 15 is 0 Å². The molecule has 1 aromatic rings. The van der Waals surface area contributed by atoms with Crippen molar-refractivity contribution >= 4 is 0 Å². The monoisotopic (exact) mass is 249 g/mol. The van der Waals surface area contributed by atoms with Crippen LogP contribution in [-0.2, 0) is 24.2 Å². The van der Waals surface area contributed by atoms with E-state index in [-0.39, 0.29) is 6.10 Å². The van der Waals surface area contributed by atoms with Crippen molar-refractivity contribution in [2.45, 2.75) is 59.2 Å². The first kappa shape index (κ1) is 13.4. The van der Waals surface area contributed by atoms with Gasteiger partial charge in [0.15, 0.2) is 5.82 Å². The molecule has 0 saturated carbocycles. The van der Waals surface area contributed by atoms with E-state index in [0.29, 0.717) is 6.61 Å². The van der Waals surface area contributed by atoms with E-state index in [1.165, 1.54) is 17.0 Å². The molecule has 4 heteroatoms. The van der Waals surface area contributed by atoms with Gasteiger partial charge in [-0.1, -0.05) is 20.3 Å². The summed E-state index contributed by atoms with van der Waals surface area (Å²) in [5.74, 6) is 0.866. The van der Waals surface area contributed by atoms with Crippen LogP contribution < -0.4 is 5.32 Å². The molecule has 0 bridgehead atoms. The van der Waals surface area contributed by atoms with Gasteiger partial charge >= 0.3 is 0 Å². The third-order valence-corrected chi connectivity index (χ3v) is 3.30. The minimum absolute atomic E-state index is 0.0384. The third-order valence-electron chi connectivity index (χ3n) is 3.30. The van der Waals surface area contributed by atoms with Gasteiger partial charge in [0.05, 0.1) is 5.69 Å². The Morgan fingerprint density at radius 2 is 2.06 bits per heavy atom. The first-order chi connectivity index (χ1) is 8.80. The molecule has 0 radical (unpaired) electrons. The average molecular weight is 249 g/mol. The fourth-order valence-corrected chi connectivity index (χ4v) is 2.42. The molecule has 0 aliphatic carbocycles. The van der Waals surface area contributed by atoms with E-state index in [2.05, 4.69) is 24.1 Å². The summed E-state index contributed by atoms with van der Waals surface area (Å²) < 4.78 is 5.72. The van der Waals surface area contributed by atoms with Gasteiger partial charge in [0.25, 0.3) is 0 Å². The zero-order valence-corrected chi connectivity index (χ0v) is 11.6. The first-order valence-corrected chi connectivity index (χ1v) is 7.00. The van der Waals surface area contributed by atoms with Crippen LogP contribution in [0.25, 0.3) is 0 Å². The van der Waals surface area contributed by atoms with Crippen LogP contribution in [0.15, 0.2) is 0 Å². The molecule has 4 nitrogen and oxygen atoms in total. The Morgan fingerprint density at radius 3 is 2.72 bits per heavy atom. The predicted molar refractivity (Wildman–Crippen MR) is 71.2 cm³/mol. The molecule has 0 fully saturated rings. The molecule has 100 valence electrons. The molecule has 1 atom stereocenters. The van der Waals surface area contributed by atoms with Crippen molar-refractivity contribution in [1.82, 2.24) is 15.3 Å². The largest absolute Gasteiger partial charge is 0.371 e. The van der Waals surface area contributed by atoms with Gasteiger partial charge < -0.3 is 10.1 Å².